The first-order valence-corrected chi connectivity index (χ1v) is 9.28. The van der Waals surface area contributed by atoms with Crippen LogP contribution in [0.5, 0.6) is 0 Å². The number of hydrogen-bond donors (Lipinski definition) is 2. The first kappa shape index (κ1) is 18.8. The molecule has 0 saturated heterocycles. The summed E-state index contributed by atoms with van der Waals surface area (Å²) < 4.78 is 13.4. The van der Waals surface area contributed by atoms with Crippen LogP contribution in [0.2, 0.25) is 0 Å². The second-order valence-corrected chi connectivity index (χ2v) is 7.12. The van der Waals surface area contributed by atoms with Gasteiger partial charge in [0.1, 0.15) is 0 Å². The van der Waals surface area contributed by atoms with Gasteiger partial charge < -0.3 is 10.2 Å². The van der Waals surface area contributed by atoms with Crippen LogP contribution < -0.4 is 5.32 Å². The van der Waals surface area contributed by atoms with E-state index in [4.69, 9.17) is 5.41 Å². The smallest absolute Gasteiger partial charge is 0.261 e. The van der Waals surface area contributed by atoms with Crippen molar-refractivity contribution < 1.29 is 18.8 Å². The van der Waals surface area contributed by atoms with Crippen LogP contribution in [0.4, 0.5) is 4.39 Å². The van der Waals surface area contributed by atoms with E-state index in [9.17, 15) is 18.8 Å². The highest BCUT2D eigenvalue weighted by Gasteiger charge is 2.36. The van der Waals surface area contributed by atoms with E-state index in [1.807, 2.05) is 0 Å². The molecular weight excluding hydrogens is 375 g/mol. The molecule has 2 heterocycles. The number of rotatable bonds is 6. The van der Waals surface area contributed by atoms with Gasteiger partial charge in [-0.2, -0.15) is 0 Å². The summed E-state index contributed by atoms with van der Waals surface area (Å²) in [5.74, 6) is -1.19. The number of halogens is 1. The SMILES string of the molecule is N=C1C=CN(C2CC2)C(=O)/C1=C/NC/C(=C/F)CN1C(=O)c2ccccc2C1=O. The summed E-state index contributed by atoms with van der Waals surface area (Å²) in [4.78, 5) is 39.9. The van der Waals surface area contributed by atoms with Gasteiger partial charge in [0, 0.05) is 25.0 Å². The molecular formula is C21H19FN4O3. The van der Waals surface area contributed by atoms with Gasteiger partial charge in [0.15, 0.2) is 0 Å². The molecule has 148 valence electrons. The van der Waals surface area contributed by atoms with Crippen LogP contribution in [-0.4, -0.2) is 52.4 Å². The van der Waals surface area contributed by atoms with E-state index >= 15 is 0 Å². The quantitative estimate of drug-likeness (QED) is 0.571. The van der Waals surface area contributed by atoms with Crippen LogP contribution in [0.1, 0.15) is 33.6 Å². The molecule has 1 saturated carbocycles. The van der Waals surface area contributed by atoms with E-state index in [1.165, 1.54) is 6.20 Å². The molecule has 0 spiro atoms. The summed E-state index contributed by atoms with van der Waals surface area (Å²) in [7, 11) is 0. The lowest BCUT2D eigenvalue weighted by molar-refractivity contribution is -0.124. The Morgan fingerprint density at radius 1 is 1.14 bits per heavy atom. The molecule has 7 nitrogen and oxygen atoms in total. The largest absolute Gasteiger partial charge is 0.386 e. The molecule has 3 amide bonds. The van der Waals surface area contributed by atoms with Gasteiger partial charge >= 0.3 is 0 Å². The molecule has 8 heteroatoms. The molecule has 29 heavy (non-hydrogen) atoms. The maximum Gasteiger partial charge on any atom is 0.261 e. The number of amides is 3. The lowest BCUT2D eigenvalue weighted by Crippen LogP contribution is -2.36. The Hall–Kier alpha value is -3.55. The number of fused-ring (bicyclic) bond motifs is 1. The molecule has 1 fully saturated rings. The van der Waals surface area contributed by atoms with Crippen molar-refractivity contribution in [3.8, 4) is 0 Å². The zero-order valence-corrected chi connectivity index (χ0v) is 15.5. The summed E-state index contributed by atoms with van der Waals surface area (Å²) in [5.41, 5.74) is 1.04. The van der Waals surface area contributed by atoms with E-state index in [0.717, 1.165) is 17.7 Å². The third-order valence-electron chi connectivity index (χ3n) is 5.07. The van der Waals surface area contributed by atoms with Gasteiger partial charge in [0.25, 0.3) is 17.7 Å². The van der Waals surface area contributed by atoms with Crippen molar-refractivity contribution in [2.45, 2.75) is 18.9 Å². The Balaban J connectivity index is 1.40. The Morgan fingerprint density at radius 3 is 2.38 bits per heavy atom. The number of imide groups is 1. The lowest BCUT2D eigenvalue weighted by atomic mass is 10.1. The maximum atomic E-state index is 13.4. The highest BCUT2D eigenvalue weighted by molar-refractivity contribution is 6.26. The highest BCUT2D eigenvalue weighted by Crippen LogP contribution is 2.30. The summed E-state index contributed by atoms with van der Waals surface area (Å²) in [6, 6.07) is 6.66. The molecule has 0 unspecified atom stereocenters. The van der Waals surface area contributed by atoms with Crippen molar-refractivity contribution in [2.75, 3.05) is 13.1 Å². The third kappa shape index (κ3) is 3.49. The van der Waals surface area contributed by atoms with Gasteiger partial charge in [-0.15, -0.1) is 0 Å². The molecule has 0 bridgehead atoms. The number of benzene rings is 1. The third-order valence-corrected chi connectivity index (χ3v) is 5.07. The van der Waals surface area contributed by atoms with Crippen LogP contribution in [0.25, 0.3) is 0 Å². The number of carbonyl (C=O) groups is 3. The molecule has 0 aromatic heterocycles. The van der Waals surface area contributed by atoms with Crippen LogP contribution in [0.3, 0.4) is 0 Å². The van der Waals surface area contributed by atoms with E-state index < -0.39 is 11.8 Å². The van der Waals surface area contributed by atoms with Crippen molar-refractivity contribution in [1.82, 2.24) is 15.1 Å². The van der Waals surface area contributed by atoms with Crippen molar-refractivity contribution in [1.29, 1.82) is 5.41 Å². The summed E-state index contributed by atoms with van der Waals surface area (Å²) in [6.07, 6.45) is 6.79. The van der Waals surface area contributed by atoms with Crippen molar-refractivity contribution in [3.05, 3.63) is 71.3 Å². The minimum Gasteiger partial charge on any atom is -0.386 e. The maximum absolute atomic E-state index is 13.4. The first-order chi connectivity index (χ1) is 14.0. The topological polar surface area (TPSA) is 93.6 Å². The van der Waals surface area contributed by atoms with Crippen LogP contribution >= 0.6 is 0 Å². The van der Waals surface area contributed by atoms with Gasteiger partial charge in [0.2, 0.25) is 0 Å². The minimum absolute atomic E-state index is 0.0128. The van der Waals surface area contributed by atoms with Gasteiger partial charge in [0.05, 0.1) is 35.3 Å². The summed E-state index contributed by atoms with van der Waals surface area (Å²) in [6.45, 7) is -0.209. The fourth-order valence-corrected chi connectivity index (χ4v) is 3.35. The Kier molecular flexibility index (Phi) is 4.84. The second kappa shape index (κ2) is 7.46. The first-order valence-electron chi connectivity index (χ1n) is 9.28. The molecule has 1 aliphatic carbocycles. The Morgan fingerprint density at radius 2 is 1.79 bits per heavy atom. The zero-order valence-electron chi connectivity index (χ0n) is 15.5. The Labute approximate surface area is 166 Å². The molecule has 1 aromatic carbocycles. The molecule has 3 aliphatic rings. The molecule has 4 rings (SSSR count). The molecule has 0 atom stereocenters. The van der Waals surface area contributed by atoms with E-state index in [-0.39, 0.29) is 41.9 Å². The predicted molar refractivity (Wildman–Crippen MR) is 104 cm³/mol. The highest BCUT2D eigenvalue weighted by atomic mass is 19.1. The number of hydrogen-bond acceptors (Lipinski definition) is 5. The van der Waals surface area contributed by atoms with Crippen molar-refractivity contribution in [2.24, 2.45) is 0 Å². The minimum atomic E-state index is -0.460. The van der Waals surface area contributed by atoms with E-state index in [2.05, 4.69) is 5.32 Å². The summed E-state index contributed by atoms with van der Waals surface area (Å²) >= 11 is 0. The van der Waals surface area contributed by atoms with Crippen LogP contribution in [0.15, 0.2) is 60.2 Å². The van der Waals surface area contributed by atoms with Crippen LogP contribution in [0, 0.1) is 5.41 Å². The Bertz CT molecular complexity index is 972. The standard InChI is InChI=1S/C21H19FN4O3/c22-9-13(12-26-19(27)15-3-1-2-4-16(15)20(26)28)10-24-11-17-18(23)7-8-25(21(17)29)14-5-6-14/h1-4,7-9,11,14,23-24H,5-6,10,12H2/b13-9-,17-11+,23-18?. The number of nitrogens with zero attached hydrogens (tertiary/aromatic N) is 2. The predicted octanol–water partition coefficient (Wildman–Crippen LogP) is 2.15. The van der Waals surface area contributed by atoms with E-state index in [0.29, 0.717) is 17.5 Å². The van der Waals surface area contributed by atoms with Gasteiger partial charge in [-0.25, -0.2) is 4.39 Å². The zero-order chi connectivity index (χ0) is 20.5. The number of allylic oxidation sites excluding steroid dienone is 1. The van der Waals surface area contributed by atoms with Gasteiger partial charge in [-0.05, 0) is 36.6 Å². The lowest BCUT2D eigenvalue weighted by Gasteiger charge is -2.23. The van der Waals surface area contributed by atoms with Crippen molar-refractivity contribution in [3.63, 3.8) is 0 Å². The van der Waals surface area contributed by atoms with Gasteiger partial charge in [-0.1, -0.05) is 12.1 Å². The monoisotopic (exact) mass is 394 g/mol. The van der Waals surface area contributed by atoms with E-state index in [1.54, 1.807) is 41.4 Å². The molecule has 1 aromatic rings. The fourth-order valence-electron chi connectivity index (χ4n) is 3.35. The second-order valence-electron chi connectivity index (χ2n) is 7.12. The normalized spacial score (nSPS) is 20.7. The molecule has 2 N–H and O–H groups in total. The van der Waals surface area contributed by atoms with Crippen molar-refractivity contribution >= 4 is 23.4 Å². The molecule has 0 radical (unpaired) electrons. The number of nitrogens with one attached hydrogen (secondary N) is 2. The molecule has 2 aliphatic heterocycles. The average molecular weight is 394 g/mol. The number of carbonyl (C=O) groups excluding carboxylic acids is 3. The van der Waals surface area contributed by atoms with Gasteiger partial charge in [-0.3, -0.25) is 24.7 Å². The average Bonchev–Trinajstić information content (AvgIpc) is 3.53. The summed E-state index contributed by atoms with van der Waals surface area (Å²) in [5, 5.41) is 10.8. The van der Waals surface area contributed by atoms with Crippen LogP contribution in [-0.2, 0) is 4.79 Å². The fraction of sp³-hybridized carbons (Fsp3) is 0.238.